The first-order valence-corrected chi connectivity index (χ1v) is 11.9. The average molecular weight is 492 g/mol. The van der Waals surface area contributed by atoms with Gasteiger partial charge in [-0.05, 0) is 36.2 Å². The first kappa shape index (κ1) is 24.2. The van der Waals surface area contributed by atoms with Gasteiger partial charge in [-0.3, -0.25) is 14.6 Å². The van der Waals surface area contributed by atoms with E-state index in [1.807, 2.05) is 43.3 Å². The zero-order chi connectivity index (χ0) is 24.8. The van der Waals surface area contributed by atoms with Crippen molar-refractivity contribution in [3.8, 4) is 11.5 Å². The molecule has 0 spiro atoms. The van der Waals surface area contributed by atoms with E-state index in [0.29, 0.717) is 17.2 Å². The largest absolute Gasteiger partial charge is 0.493 e. The quantitative estimate of drug-likeness (QED) is 0.491. The van der Waals surface area contributed by atoms with Crippen molar-refractivity contribution in [1.29, 1.82) is 0 Å². The molecule has 0 aliphatic carbocycles. The number of hydrogen-bond donors (Lipinski definition) is 1. The molecule has 2 amide bonds. The number of rotatable bonds is 8. The van der Waals surface area contributed by atoms with Crippen LogP contribution in [0.2, 0.25) is 0 Å². The van der Waals surface area contributed by atoms with E-state index < -0.39 is 0 Å². The van der Waals surface area contributed by atoms with E-state index in [1.54, 1.807) is 20.3 Å². The minimum Gasteiger partial charge on any atom is -0.493 e. The Balaban J connectivity index is 1.63. The number of carbonyl (C=O) groups is 2. The average Bonchev–Trinajstić information content (AvgIpc) is 2.90. The summed E-state index contributed by atoms with van der Waals surface area (Å²) in [7, 11) is 3.17. The number of carbonyl (C=O) groups excluding carboxylic acids is 2. The van der Waals surface area contributed by atoms with Crippen LogP contribution in [-0.2, 0) is 6.54 Å². The molecule has 2 aromatic carbocycles. The molecule has 1 aromatic heterocycles. The monoisotopic (exact) mass is 491 g/mol. The van der Waals surface area contributed by atoms with Crippen LogP contribution in [0.3, 0.4) is 0 Å². The molecule has 1 atom stereocenters. The lowest BCUT2D eigenvalue weighted by Crippen LogP contribution is -2.35. The molecule has 2 heterocycles. The van der Waals surface area contributed by atoms with Crippen LogP contribution in [0, 0.1) is 0 Å². The van der Waals surface area contributed by atoms with Gasteiger partial charge < -0.3 is 14.8 Å². The molecule has 1 N–H and O–H groups in total. The van der Waals surface area contributed by atoms with Crippen molar-refractivity contribution in [3.63, 3.8) is 0 Å². The summed E-state index contributed by atoms with van der Waals surface area (Å²) in [6, 6.07) is 12.9. The van der Waals surface area contributed by atoms with Gasteiger partial charge in [0, 0.05) is 23.6 Å². The number of nitrogens with one attached hydrogen (secondary N) is 1. The van der Waals surface area contributed by atoms with Gasteiger partial charge in [-0.1, -0.05) is 36.9 Å². The SMILES string of the molecule is CCC1SC(=O)N(Cc2ccccc2NC(=O)c2cnccn2)N=C1c1ccc(OC)c(OC)c1. The van der Waals surface area contributed by atoms with E-state index >= 15 is 0 Å². The van der Waals surface area contributed by atoms with Gasteiger partial charge in [-0.25, -0.2) is 9.99 Å². The molecule has 4 rings (SSSR count). The van der Waals surface area contributed by atoms with Crippen LogP contribution >= 0.6 is 11.8 Å². The Kier molecular flexibility index (Phi) is 7.61. The smallest absolute Gasteiger partial charge is 0.302 e. The maximum absolute atomic E-state index is 13.0. The Morgan fingerprint density at radius 2 is 1.91 bits per heavy atom. The van der Waals surface area contributed by atoms with E-state index in [4.69, 9.17) is 14.6 Å². The van der Waals surface area contributed by atoms with Gasteiger partial charge >= 0.3 is 5.24 Å². The second-order valence-electron chi connectivity index (χ2n) is 7.60. The van der Waals surface area contributed by atoms with Crippen LogP contribution in [0.15, 0.2) is 66.2 Å². The van der Waals surface area contributed by atoms with Crippen molar-refractivity contribution in [2.75, 3.05) is 19.5 Å². The predicted octanol–water partition coefficient (Wildman–Crippen LogP) is 4.60. The van der Waals surface area contributed by atoms with Crippen molar-refractivity contribution in [1.82, 2.24) is 15.0 Å². The van der Waals surface area contributed by atoms with Crippen molar-refractivity contribution >= 4 is 34.3 Å². The summed E-state index contributed by atoms with van der Waals surface area (Å²) in [5.74, 6) is 0.826. The van der Waals surface area contributed by atoms with E-state index in [2.05, 4.69) is 15.3 Å². The molecule has 1 unspecified atom stereocenters. The molecule has 0 bridgehead atoms. The van der Waals surface area contributed by atoms with E-state index in [9.17, 15) is 9.59 Å². The number of nitrogens with zero attached hydrogens (tertiary/aromatic N) is 4. The number of amides is 2. The molecule has 180 valence electrons. The molecule has 0 saturated heterocycles. The Bertz CT molecular complexity index is 1250. The third kappa shape index (κ3) is 5.43. The van der Waals surface area contributed by atoms with Crippen LogP contribution in [-0.4, -0.2) is 51.3 Å². The van der Waals surface area contributed by atoms with Crippen molar-refractivity contribution in [2.24, 2.45) is 5.10 Å². The van der Waals surface area contributed by atoms with Crippen LogP contribution in [0.4, 0.5) is 10.5 Å². The number of para-hydroxylation sites is 1. The Morgan fingerprint density at radius 1 is 1.11 bits per heavy atom. The summed E-state index contributed by atoms with van der Waals surface area (Å²) in [5.41, 5.74) is 3.14. The molecule has 3 aromatic rings. The maximum atomic E-state index is 13.0. The van der Waals surface area contributed by atoms with E-state index in [0.717, 1.165) is 23.3 Å². The third-order valence-electron chi connectivity index (χ3n) is 5.42. The fraction of sp³-hybridized carbons (Fsp3) is 0.240. The summed E-state index contributed by atoms with van der Waals surface area (Å²) < 4.78 is 10.8. The summed E-state index contributed by atoms with van der Waals surface area (Å²) in [4.78, 5) is 33.5. The molecule has 1 aliphatic heterocycles. The summed E-state index contributed by atoms with van der Waals surface area (Å²) in [6.07, 6.45) is 5.09. The summed E-state index contributed by atoms with van der Waals surface area (Å²) in [6.45, 7) is 2.21. The van der Waals surface area contributed by atoms with Crippen LogP contribution in [0.25, 0.3) is 0 Å². The second-order valence-corrected chi connectivity index (χ2v) is 8.75. The number of methoxy groups -OCH3 is 2. The molecule has 0 radical (unpaired) electrons. The van der Waals surface area contributed by atoms with Gasteiger partial charge in [0.2, 0.25) is 0 Å². The molecule has 9 nitrogen and oxygen atoms in total. The van der Waals surface area contributed by atoms with Gasteiger partial charge in [-0.2, -0.15) is 5.10 Å². The normalized spacial score (nSPS) is 15.4. The molecule has 0 saturated carbocycles. The molecule has 0 fully saturated rings. The first-order valence-electron chi connectivity index (χ1n) is 11.0. The number of hydrogen-bond acceptors (Lipinski definition) is 8. The Hall–Kier alpha value is -3.92. The van der Waals surface area contributed by atoms with Gasteiger partial charge in [0.25, 0.3) is 5.91 Å². The zero-order valence-electron chi connectivity index (χ0n) is 19.6. The van der Waals surface area contributed by atoms with Crippen molar-refractivity contribution in [2.45, 2.75) is 25.1 Å². The van der Waals surface area contributed by atoms with E-state index in [-0.39, 0.29) is 28.6 Å². The highest BCUT2D eigenvalue weighted by molar-refractivity contribution is 8.14. The minimum atomic E-state index is -0.384. The summed E-state index contributed by atoms with van der Waals surface area (Å²) >= 11 is 1.24. The number of thioether (sulfide) groups is 1. The Labute approximate surface area is 207 Å². The van der Waals surface area contributed by atoms with Crippen molar-refractivity contribution < 1.29 is 19.1 Å². The van der Waals surface area contributed by atoms with Gasteiger partial charge in [0.15, 0.2) is 11.5 Å². The van der Waals surface area contributed by atoms with E-state index in [1.165, 1.54) is 35.4 Å². The predicted molar refractivity (Wildman–Crippen MR) is 135 cm³/mol. The molecular weight excluding hydrogens is 466 g/mol. The lowest BCUT2D eigenvalue weighted by molar-refractivity contribution is 0.102. The topological polar surface area (TPSA) is 106 Å². The number of benzene rings is 2. The first-order chi connectivity index (χ1) is 17.0. The lowest BCUT2D eigenvalue weighted by Gasteiger charge is -2.29. The fourth-order valence-electron chi connectivity index (χ4n) is 3.63. The molecule has 35 heavy (non-hydrogen) atoms. The van der Waals surface area contributed by atoms with Crippen LogP contribution in [0.5, 0.6) is 11.5 Å². The molecular formula is C25H25N5O4S. The van der Waals surface area contributed by atoms with Gasteiger partial charge in [0.1, 0.15) is 5.69 Å². The van der Waals surface area contributed by atoms with Crippen LogP contribution in [0.1, 0.15) is 35.0 Å². The second kappa shape index (κ2) is 11.0. The highest BCUT2D eigenvalue weighted by atomic mass is 32.2. The highest BCUT2D eigenvalue weighted by Crippen LogP contribution is 2.34. The number of ether oxygens (including phenoxy) is 2. The maximum Gasteiger partial charge on any atom is 0.302 e. The highest BCUT2D eigenvalue weighted by Gasteiger charge is 2.31. The zero-order valence-corrected chi connectivity index (χ0v) is 20.4. The van der Waals surface area contributed by atoms with Crippen molar-refractivity contribution in [3.05, 3.63) is 77.9 Å². The van der Waals surface area contributed by atoms with Gasteiger partial charge in [0.05, 0.1) is 37.9 Å². The number of hydrazone groups is 1. The Morgan fingerprint density at radius 3 is 2.63 bits per heavy atom. The fourth-order valence-corrected chi connectivity index (χ4v) is 4.57. The summed E-state index contributed by atoms with van der Waals surface area (Å²) in [5, 5.41) is 8.77. The molecule has 10 heteroatoms. The number of aromatic nitrogens is 2. The van der Waals surface area contributed by atoms with Crippen LogP contribution < -0.4 is 14.8 Å². The lowest BCUT2D eigenvalue weighted by atomic mass is 10.0. The standard InChI is InChI=1S/C25H25N5O4S/c1-4-22-23(16-9-10-20(33-2)21(13-16)34-3)29-30(25(32)35-22)15-17-7-5-6-8-18(17)28-24(31)19-14-26-11-12-27-19/h5-14,22H,4,15H2,1-3H3,(H,28,31). The minimum absolute atomic E-state index is 0.0940. The molecule has 1 aliphatic rings. The third-order valence-corrected chi connectivity index (χ3v) is 6.67. The van der Waals surface area contributed by atoms with Gasteiger partial charge in [-0.15, -0.1) is 0 Å². The number of anilines is 1.